The topological polar surface area (TPSA) is 59.8 Å². The van der Waals surface area contributed by atoms with Crippen LogP contribution in [0.5, 0.6) is 0 Å². The maximum absolute atomic E-state index is 12.9. The first-order valence-corrected chi connectivity index (χ1v) is 9.48. The minimum absolute atomic E-state index is 0.0293. The van der Waals surface area contributed by atoms with E-state index in [1.807, 2.05) is 35.2 Å². The first kappa shape index (κ1) is 17.6. The van der Waals surface area contributed by atoms with Crippen molar-refractivity contribution in [1.29, 1.82) is 0 Å². The molecular formula is C19H24N4OS. The summed E-state index contributed by atoms with van der Waals surface area (Å²) in [6.45, 7) is 10.3. The van der Waals surface area contributed by atoms with Crippen molar-refractivity contribution < 1.29 is 4.79 Å². The molecule has 0 aliphatic heterocycles. The van der Waals surface area contributed by atoms with E-state index in [2.05, 4.69) is 38.1 Å². The predicted octanol–water partition coefficient (Wildman–Crippen LogP) is 4.69. The van der Waals surface area contributed by atoms with Crippen molar-refractivity contribution in [2.24, 2.45) is 0 Å². The van der Waals surface area contributed by atoms with Gasteiger partial charge in [0.1, 0.15) is 0 Å². The second-order valence-electron chi connectivity index (χ2n) is 6.88. The number of carbonyl (C=O) groups excluding carboxylic acids is 1. The van der Waals surface area contributed by atoms with E-state index in [9.17, 15) is 4.79 Å². The van der Waals surface area contributed by atoms with E-state index in [-0.39, 0.29) is 23.9 Å². The Bertz CT molecular complexity index is 880. The zero-order valence-electron chi connectivity index (χ0n) is 15.3. The van der Waals surface area contributed by atoms with Crippen molar-refractivity contribution in [3.63, 3.8) is 0 Å². The fourth-order valence-corrected chi connectivity index (χ4v) is 3.52. The molecule has 1 amide bonds. The van der Waals surface area contributed by atoms with Crippen LogP contribution in [0.25, 0.3) is 11.0 Å². The maximum Gasteiger partial charge on any atom is 0.252 e. The van der Waals surface area contributed by atoms with Crippen LogP contribution in [0.2, 0.25) is 0 Å². The molecule has 0 fully saturated rings. The van der Waals surface area contributed by atoms with Gasteiger partial charge in [0.15, 0.2) is 5.65 Å². The van der Waals surface area contributed by atoms with Gasteiger partial charge in [-0.15, -0.1) is 11.3 Å². The van der Waals surface area contributed by atoms with E-state index in [1.54, 1.807) is 17.5 Å². The SMILES string of the molecule is CC(C)c1cc(C(=O)NC(C)c2cccs2)c2cnn(C(C)C)c2n1. The normalized spacial score (nSPS) is 12.9. The Morgan fingerprint density at radius 2 is 2.00 bits per heavy atom. The number of rotatable bonds is 5. The smallest absolute Gasteiger partial charge is 0.252 e. The number of nitrogens with zero attached hydrogens (tertiary/aromatic N) is 3. The molecule has 1 N–H and O–H groups in total. The van der Waals surface area contributed by atoms with Gasteiger partial charge < -0.3 is 5.32 Å². The second kappa shape index (κ2) is 6.96. The van der Waals surface area contributed by atoms with E-state index in [1.165, 1.54) is 0 Å². The molecule has 1 atom stereocenters. The fraction of sp³-hybridized carbons (Fsp3) is 0.421. The monoisotopic (exact) mass is 356 g/mol. The van der Waals surface area contributed by atoms with Gasteiger partial charge in [0.25, 0.3) is 5.91 Å². The molecule has 0 saturated carbocycles. The molecule has 0 aliphatic carbocycles. The van der Waals surface area contributed by atoms with Crippen LogP contribution in [0.15, 0.2) is 29.8 Å². The van der Waals surface area contributed by atoms with Gasteiger partial charge in [-0.25, -0.2) is 9.67 Å². The Morgan fingerprint density at radius 1 is 1.24 bits per heavy atom. The Hall–Kier alpha value is -2.21. The number of hydrogen-bond donors (Lipinski definition) is 1. The highest BCUT2D eigenvalue weighted by Gasteiger charge is 2.20. The summed E-state index contributed by atoms with van der Waals surface area (Å²) < 4.78 is 1.88. The van der Waals surface area contributed by atoms with Crippen molar-refractivity contribution >= 4 is 28.3 Å². The number of hydrogen-bond acceptors (Lipinski definition) is 4. The van der Waals surface area contributed by atoms with Crippen LogP contribution in [0.4, 0.5) is 0 Å². The standard InChI is InChI=1S/C19H24N4OS/c1-11(2)16-9-14(15-10-20-23(12(3)4)18(15)22-16)19(24)21-13(5)17-7-6-8-25-17/h6-13H,1-5H3,(H,21,24). The average molecular weight is 356 g/mol. The number of aromatic nitrogens is 3. The summed E-state index contributed by atoms with van der Waals surface area (Å²) in [6.07, 6.45) is 1.75. The first-order valence-electron chi connectivity index (χ1n) is 8.61. The van der Waals surface area contributed by atoms with Crippen molar-refractivity contribution in [2.75, 3.05) is 0 Å². The molecule has 0 aliphatic rings. The van der Waals surface area contributed by atoms with E-state index in [0.29, 0.717) is 5.56 Å². The van der Waals surface area contributed by atoms with Crippen LogP contribution in [0, 0.1) is 0 Å². The number of nitrogens with one attached hydrogen (secondary N) is 1. The molecule has 0 saturated heterocycles. The number of thiophene rings is 1. The second-order valence-corrected chi connectivity index (χ2v) is 7.86. The van der Waals surface area contributed by atoms with Gasteiger partial charge in [-0.05, 0) is 44.2 Å². The number of fused-ring (bicyclic) bond motifs is 1. The minimum atomic E-state index is -0.0847. The summed E-state index contributed by atoms with van der Waals surface area (Å²) in [7, 11) is 0. The van der Waals surface area contributed by atoms with Crippen molar-refractivity contribution in [2.45, 2.75) is 52.6 Å². The zero-order valence-corrected chi connectivity index (χ0v) is 16.1. The number of amides is 1. The third-order valence-electron chi connectivity index (χ3n) is 4.23. The van der Waals surface area contributed by atoms with Crippen LogP contribution < -0.4 is 5.32 Å². The lowest BCUT2D eigenvalue weighted by atomic mass is 10.0. The van der Waals surface area contributed by atoms with Gasteiger partial charge in [-0.3, -0.25) is 4.79 Å². The van der Waals surface area contributed by atoms with E-state index >= 15 is 0 Å². The minimum Gasteiger partial charge on any atom is -0.345 e. The first-order chi connectivity index (χ1) is 11.9. The van der Waals surface area contributed by atoms with Crippen LogP contribution in [-0.4, -0.2) is 20.7 Å². The molecule has 3 heterocycles. The van der Waals surface area contributed by atoms with Crippen molar-refractivity contribution in [1.82, 2.24) is 20.1 Å². The fourth-order valence-electron chi connectivity index (χ4n) is 2.78. The van der Waals surface area contributed by atoms with Gasteiger partial charge in [0.2, 0.25) is 0 Å². The predicted molar refractivity (Wildman–Crippen MR) is 102 cm³/mol. The van der Waals surface area contributed by atoms with Crippen LogP contribution in [-0.2, 0) is 0 Å². The highest BCUT2D eigenvalue weighted by molar-refractivity contribution is 7.10. The maximum atomic E-state index is 12.9. The van der Waals surface area contributed by atoms with Gasteiger partial charge >= 0.3 is 0 Å². The lowest BCUT2D eigenvalue weighted by molar-refractivity contribution is 0.0942. The molecule has 3 aromatic rings. The number of pyridine rings is 1. The molecule has 132 valence electrons. The highest BCUT2D eigenvalue weighted by atomic mass is 32.1. The van der Waals surface area contributed by atoms with E-state index in [4.69, 9.17) is 4.98 Å². The molecule has 0 bridgehead atoms. The van der Waals surface area contributed by atoms with Crippen molar-refractivity contribution in [3.05, 3.63) is 45.9 Å². The van der Waals surface area contributed by atoms with Gasteiger partial charge in [-0.1, -0.05) is 19.9 Å². The highest BCUT2D eigenvalue weighted by Crippen LogP contribution is 2.25. The van der Waals surface area contributed by atoms with E-state index in [0.717, 1.165) is 21.6 Å². The molecule has 0 radical (unpaired) electrons. The summed E-state index contributed by atoms with van der Waals surface area (Å²) in [5.74, 6) is 0.152. The molecular weight excluding hydrogens is 332 g/mol. The Balaban J connectivity index is 2.03. The summed E-state index contributed by atoms with van der Waals surface area (Å²) in [5.41, 5.74) is 2.32. The zero-order chi connectivity index (χ0) is 18.1. The largest absolute Gasteiger partial charge is 0.345 e. The Labute approximate surface area is 152 Å². The molecule has 25 heavy (non-hydrogen) atoms. The summed E-state index contributed by atoms with van der Waals surface area (Å²) in [5, 5.41) is 10.4. The van der Waals surface area contributed by atoms with Gasteiger partial charge in [0.05, 0.1) is 23.2 Å². The van der Waals surface area contributed by atoms with E-state index < -0.39 is 0 Å². The van der Waals surface area contributed by atoms with Crippen LogP contribution in [0.1, 0.15) is 73.5 Å². The quantitative estimate of drug-likeness (QED) is 0.721. The third kappa shape index (κ3) is 3.44. The molecule has 1 unspecified atom stereocenters. The average Bonchev–Trinajstić information content (AvgIpc) is 3.22. The van der Waals surface area contributed by atoms with Gasteiger partial charge in [0, 0.05) is 16.6 Å². The summed E-state index contributed by atoms with van der Waals surface area (Å²) in [6, 6.07) is 6.09. The van der Waals surface area contributed by atoms with Gasteiger partial charge in [-0.2, -0.15) is 5.10 Å². The van der Waals surface area contributed by atoms with Crippen LogP contribution >= 0.6 is 11.3 Å². The number of carbonyl (C=O) groups is 1. The molecule has 0 aromatic carbocycles. The summed E-state index contributed by atoms with van der Waals surface area (Å²) >= 11 is 1.64. The Kier molecular flexibility index (Phi) is 4.90. The van der Waals surface area contributed by atoms with Crippen LogP contribution in [0.3, 0.4) is 0 Å². The summed E-state index contributed by atoms with van der Waals surface area (Å²) in [4.78, 5) is 18.8. The molecule has 3 rings (SSSR count). The lowest BCUT2D eigenvalue weighted by Crippen LogP contribution is -2.26. The lowest BCUT2D eigenvalue weighted by Gasteiger charge is -2.15. The Morgan fingerprint density at radius 3 is 2.60 bits per heavy atom. The molecule has 5 nitrogen and oxygen atoms in total. The molecule has 6 heteroatoms. The van der Waals surface area contributed by atoms with Crippen molar-refractivity contribution in [3.8, 4) is 0 Å². The third-order valence-corrected chi connectivity index (χ3v) is 5.28. The molecule has 0 spiro atoms. The molecule has 3 aromatic heterocycles.